The number of sulfonamides is 1. The number of carbonyl (C=O) groups is 2. The lowest BCUT2D eigenvalue weighted by Gasteiger charge is -2.18. The van der Waals surface area contributed by atoms with Crippen LogP contribution < -0.4 is 14.8 Å². The van der Waals surface area contributed by atoms with E-state index in [4.69, 9.17) is 4.74 Å². The number of amides is 1. The molecule has 2 aromatic carbocycles. The molecule has 11 heteroatoms. The summed E-state index contributed by atoms with van der Waals surface area (Å²) in [5.41, 5.74) is 1.69. The van der Waals surface area contributed by atoms with Gasteiger partial charge in [0.15, 0.2) is 5.69 Å². The second-order valence-electron chi connectivity index (χ2n) is 8.38. The van der Waals surface area contributed by atoms with Gasteiger partial charge >= 0.3 is 5.97 Å². The first-order valence-corrected chi connectivity index (χ1v) is 13.0. The van der Waals surface area contributed by atoms with Gasteiger partial charge in [-0.25, -0.2) is 17.9 Å². The number of carboxylic acid groups (broad SMARTS) is 1. The smallest absolute Gasteiger partial charge is 0.356 e. The number of benzene rings is 2. The van der Waals surface area contributed by atoms with Crippen molar-refractivity contribution in [2.75, 3.05) is 5.32 Å². The Hall–Kier alpha value is -3.70. The molecule has 0 fully saturated rings. The largest absolute Gasteiger partial charge is 0.476 e. The van der Waals surface area contributed by atoms with Gasteiger partial charge in [0.2, 0.25) is 21.8 Å². The van der Waals surface area contributed by atoms with Crippen molar-refractivity contribution in [2.24, 2.45) is 0 Å². The van der Waals surface area contributed by atoms with Crippen LogP contribution in [0.25, 0.3) is 5.69 Å². The Morgan fingerprint density at radius 1 is 1.14 bits per heavy atom. The van der Waals surface area contributed by atoms with Crippen molar-refractivity contribution in [3.05, 3.63) is 59.3 Å². The fourth-order valence-corrected chi connectivity index (χ4v) is 4.89. The molecule has 3 rings (SSSR count). The predicted octanol–water partition coefficient (Wildman–Crippen LogP) is 4.40. The van der Waals surface area contributed by atoms with E-state index in [-0.39, 0.29) is 51.8 Å². The summed E-state index contributed by atoms with van der Waals surface area (Å²) in [4.78, 5) is 23.5. The van der Waals surface area contributed by atoms with Crippen LogP contribution in [0.4, 0.5) is 5.69 Å². The summed E-state index contributed by atoms with van der Waals surface area (Å²) >= 11 is 0. The van der Waals surface area contributed by atoms with Crippen LogP contribution in [0.3, 0.4) is 0 Å². The monoisotopic (exact) mass is 514 g/mol. The number of nitrogens with zero attached hydrogens (tertiary/aromatic N) is 2. The Labute approximate surface area is 210 Å². The molecule has 10 nitrogen and oxygen atoms in total. The number of nitrogens with one attached hydrogen (secondary N) is 2. The lowest BCUT2D eigenvalue weighted by molar-refractivity contribution is -0.115. The average molecular weight is 515 g/mol. The maximum Gasteiger partial charge on any atom is 0.356 e. The van der Waals surface area contributed by atoms with Gasteiger partial charge in [-0.2, -0.15) is 9.78 Å². The van der Waals surface area contributed by atoms with Crippen LogP contribution >= 0.6 is 0 Å². The van der Waals surface area contributed by atoms with Crippen molar-refractivity contribution >= 4 is 27.6 Å². The van der Waals surface area contributed by atoms with E-state index >= 15 is 0 Å². The molecule has 0 aliphatic rings. The maximum absolute atomic E-state index is 13.3. The molecule has 1 heterocycles. The predicted molar refractivity (Wildman–Crippen MR) is 136 cm³/mol. The van der Waals surface area contributed by atoms with Crippen LogP contribution in [-0.2, 0) is 14.8 Å². The highest BCUT2D eigenvalue weighted by molar-refractivity contribution is 7.89. The number of aromatic nitrogens is 2. The van der Waals surface area contributed by atoms with Crippen molar-refractivity contribution < 1.29 is 27.9 Å². The molecule has 1 amide bonds. The number of hydrogen-bond donors (Lipinski definition) is 3. The zero-order valence-electron chi connectivity index (χ0n) is 20.8. The fraction of sp³-hybridized carbons (Fsp3) is 0.320. The van der Waals surface area contributed by atoms with E-state index in [1.54, 1.807) is 32.9 Å². The Morgan fingerprint density at radius 3 is 2.44 bits per heavy atom. The number of para-hydroxylation sites is 1. The summed E-state index contributed by atoms with van der Waals surface area (Å²) in [6.07, 6.45) is 0.779. The van der Waals surface area contributed by atoms with E-state index in [0.29, 0.717) is 12.1 Å². The first-order valence-electron chi connectivity index (χ1n) is 11.5. The first kappa shape index (κ1) is 26.9. The van der Waals surface area contributed by atoms with E-state index in [2.05, 4.69) is 15.1 Å². The van der Waals surface area contributed by atoms with Gasteiger partial charge in [0, 0.05) is 23.7 Å². The minimum absolute atomic E-state index is 0.0462. The van der Waals surface area contributed by atoms with E-state index < -0.39 is 16.0 Å². The van der Waals surface area contributed by atoms with Gasteiger partial charge in [-0.3, -0.25) is 4.79 Å². The second-order valence-corrected chi connectivity index (χ2v) is 10.1. The van der Waals surface area contributed by atoms with Crippen LogP contribution in [0, 0.1) is 13.8 Å². The number of aryl methyl sites for hydroxylation is 1. The van der Waals surface area contributed by atoms with Gasteiger partial charge in [0.25, 0.3) is 0 Å². The van der Waals surface area contributed by atoms with Gasteiger partial charge in [-0.1, -0.05) is 32.0 Å². The normalized spacial score (nSPS) is 12.2. The number of anilines is 1. The summed E-state index contributed by atoms with van der Waals surface area (Å²) in [5.74, 6) is -1.50. The zero-order valence-corrected chi connectivity index (χ0v) is 21.6. The van der Waals surface area contributed by atoms with Gasteiger partial charge in [-0.05, 0) is 57.0 Å². The van der Waals surface area contributed by atoms with Crippen molar-refractivity contribution in [1.82, 2.24) is 14.5 Å². The Morgan fingerprint density at radius 2 is 1.83 bits per heavy atom. The minimum atomic E-state index is -4.07. The third-order valence-corrected chi connectivity index (χ3v) is 7.24. The molecule has 0 saturated carbocycles. The molecule has 0 spiro atoms. The number of hydrogen-bond acceptors (Lipinski definition) is 6. The quantitative estimate of drug-likeness (QED) is 0.364. The SMILES string of the molecule is CCC(=O)Nc1ccc(Oc2c(C)c(C(=O)O)nn2-c2ccccc2C)c(S(=O)(=O)NC(C)CC)c1. The van der Waals surface area contributed by atoms with E-state index in [9.17, 15) is 23.1 Å². The molecule has 0 radical (unpaired) electrons. The van der Waals surface area contributed by atoms with E-state index in [0.717, 1.165) is 5.56 Å². The molecule has 0 aliphatic heterocycles. The Bertz CT molecular complexity index is 1400. The highest BCUT2D eigenvalue weighted by atomic mass is 32.2. The molecule has 1 aromatic heterocycles. The Kier molecular flexibility index (Phi) is 8.16. The average Bonchev–Trinajstić information content (AvgIpc) is 3.15. The van der Waals surface area contributed by atoms with E-state index in [1.807, 2.05) is 26.0 Å². The highest BCUT2D eigenvalue weighted by Gasteiger charge is 2.27. The lowest BCUT2D eigenvalue weighted by Crippen LogP contribution is -2.32. The molecule has 0 saturated heterocycles. The summed E-state index contributed by atoms with van der Waals surface area (Å²) in [5, 5.41) is 16.5. The third-order valence-electron chi connectivity index (χ3n) is 5.63. The van der Waals surface area contributed by atoms with Crippen molar-refractivity contribution in [3.8, 4) is 17.3 Å². The third kappa shape index (κ3) is 5.74. The molecule has 3 aromatic rings. The van der Waals surface area contributed by atoms with Crippen molar-refractivity contribution in [3.63, 3.8) is 0 Å². The van der Waals surface area contributed by atoms with Crippen LogP contribution in [0.5, 0.6) is 11.6 Å². The number of ether oxygens (including phenoxy) is 1. The fourth-order valence-electron chi connectivity index (χ4n) is 3.41. The second kappa shape index (κ2) is 10.9. The Balaban J connectivity index is 2.20. The number of aromatic carboxylic acids is 1. The lowest BCUT2D eigenvalue weighted by atomic mass is 10.2. The first-order chi connectivity index (χ1) is 17.0. The summed E-state index contributed by atoms with van der Waals surface area (Å²) in [6, 6.07) is 11.1. The van der Waals surface area contributed by atoms with Crippen LogP contribution in [0.2, 0.25) is 0 Å². The van der Waals surface area contributed by atoms with Crippen molar-refractivity contribution in [2.45, 2.75) is 58.4 Å². The molecule has 0 bridgehead atoms. The van der Waals surface area contributed by atoms with Gasteiger partial charge in [-0.15, -0.1) is 0 Å². The molecule has 1 unspecified atom stereocenters. The molecular weight excluding hydrogens is 484 g/mol. The highest BCUT2D eigenvalue weighted by Crippen LogP contribution is 2.36. The van der Waals surface area contributed by atoms with Crippen LogP contribution in [-0.4, -0.2) is 41.2 Å². The molecular formula is C25H30N4O6S. The van der Waals surface area contributed by atoms with E-state index in [1.165, 1.54) is 22.9 Å². The van der Waals surface area contributed by atoms with Gasteiger partial charge in [0.05, 0.1) is 5.69 Å². The summed E-state index contributed by atoms with van der Waals surface area (Å²) in [6.45, 7) is 8.65. The number of rotatable bonds is 10. The minimum Gasteiger partial charge on any atom is -0.476 e. The summed E-state index contributed by atoms with van der Waals surface area (Å²) in [7, 11) is -4.07. The molecule has 36 heavy (non-hydrogen) atoms. The zero-order chi connectivity index (χ0) is 26.6. The number of carbonyl (C=O) groups excluding carboxylic acids is 1. The van der Waals surface area contributed by atoms with Crippen LogP contribution in [0.1, 0.15) is 55.2 Å². The maximum atomic E-state index is 13.3. The standard InChI is InChI=1S/C25H30N4O6S/c1-6-16(4)28-36(33,34)21-14-18(26-22(30)7-2)12-13-20(21)35-24-17(5)23(25(31)32)27-29(24)19-11-9-8-10-15(19)3/h8-14,16,28H,6-7H2,1-5H3,(H,26,30)(H,31,32). The molecule has 192 valence electrons. The van der Waals surface area contributed by atoms with Crippen LogP contribution in [0.15, 0.2) is 47.4 Å². The molecule has 1 atom stereocenters. The molecule has 0 aliphatic carbocycles. The summed E-state index contributed by atoms with van der Waals surface area (Å²) < 4.78 is 36.7. The molecule has 3 N–H and O–H groups in total. The van der Waals surface area contributed by atoms with Gasteiger partial charge < -0.3 is 15.2 Å². The van der Waals surface area contributed by atoms with Crippen molar-refractivity contribution in [1.29, 1.82) is 0 Å². The van der Waals surface area contributed by atoms with Gasteiger partial charge in [0.1, 0.15) is 10.6 Å². The topological polar surface area (TPSA) is 140 Å². The number of carboxylic acids is 1.